The lowest BCUT2D eigenvalue weighted by atomic mass is 10.1. The van der Waals surface area contributed by atoms with Crippen LogP contribution >= 0.6 is 12.4 Å². The Kier molecular flexibility index (Phi) is 4.17. The molecule has 19 heavy (non-hydrogen) atoms. The van der Waals surface area contributed by atoms with E-state index in [1.807, 2.05) is 6.07 Å². The van der Waals surface area contributed by atoms with E-state index >= 15 is 0 Å². The fourth-order valence-electron chi connectivity index (χ4n) is 2.47. The number of nitrogens with one attached hydrogen (secondary N) is 1. The molecule has 6 heteroatoms. The minimum Gasteiger partial charge on any atom is -0.454 e. The lowest BCUT2D eigenvalue weighted by Crippen LogP contribution is -2.23. The number of rotatable bonds is 2. The van der Waals surface area contributed by atoms with E-state index in [0.29, 0.717) is 5.75 Å². The van der Waals surface area contributed by atoms with E-state index in [1.165, 1.54) is 0 Å². The standard InChI is InChI=1S/C13H16N2O3.ClH/c14-9-2-1-8(5-9)13(16)15-10-3-4-11-12(6-10)18-7-17-11;/h3-4,6,8-9H,1-2,5,7,14H2,(H,15,16);1H. The second-order valence-electron chi connectivity index (χ2n) is 4.83. The van der Waals surface area contributed by atoms with Gasteiger partial charge < -0.3 is 20.5 Å². The van der Waals surface area contributed by atoms with Crippen molar-refractivity contribution < 1.29 is 14.3 Å². The zero-order chi connectivity index (χ0) is 12.5. The Balaban J connectivity index is 0.00000133. The molecule has 1 aromatic carbocycles. The summed E-state index contributed by atoms with van der Waals surface area (Å²) in [5.41, 5.74) is 6.55. The molecule has 1 heterocycles. The van der Waals surface area contributed by atoms with Crippen LogP contribution in [0.25, 0.3) is 0 Å². The van der Waals surface area contributed by atoms with Gasteiger partial charge in [0.05, 0.1) is 0 Å². The van der Waals surface area contributed by atoms with Gasteiger partial charge in [0.25, 0.3) is 0 Å². The van der Waals surface area contributed by atoms with Gasteiger partial charge in [-0.05, 0) is 31.4 Å². The smallest absolute Gasteiger partial charge is 0.231 e. The third kappa shape index (κ3) is 2.93. The number of carbonyl (C=O) groups excluding carboxylic acids is 1. The van der Waals surface area contributed by atoms with Gasteiger partial charge in [0.2, 0.25) is 12.7 Å². The Morgan fingerprint density at radius 1 is 1.26 bits per heavy atom. The predicted octanol–water partition coefficient (Wildman–Crippen LogP) is 1.90. The van der Waals surface area contributed by atoms with Gasteiger partial charge in [-0.15, -0.1) is 12.4 Å². The number of anilines is 1. The summed E-state index contributed by atoms with van der Waals surface area (Å²) in [6, 6.07) is 5.57. The number of halogens is 1. The van der Waals surface area contributed by atoms with Gasteiger partial charge in [0.15, 0.2) is 11.5 Å². The maximum absolute atomic E-state index is 12.0. The van der Waals surface area contributed by atoms with Gasteiger partial charge in [-0.2, -0.15) is 0 Å². The normalized spacial score (nSPS) is 23.8. The molecule has 1 amide bonds. The van der Waals surface area contributed by atoms with Crippen molar-refractivity contribution in [3.8, 4) is 11.5 Å². The van der Waals surface area contributed by atoms with Crippen molar-refractivity contribution in [1.82, 2.24) is 0 Å². The first-order valence-electron chi connectivity index (χ1n) is 6.18. The Bertz CT molecular complexity index is 481. The Morgan fingerprint density at radius 2 is 2.05 bits per heavy atom. The molecule has 1 aromatic rings. The summed E-state index contributed by atoms with van der Waals surface area (Å²) >= 11 is 0. The van der Waals surface area contributed by atoms with Crippen LogP contribution in [0.4, 0.5) is 5.69 Å². The molecule has 0 saturated heterocycles. The van der Waals surface area contributed by atoms with Crippen LogP contribution in [0.1, 0.15) is 19.3 Å². The van der Waals surface area contributed by atoms with E-state index in [-0.39, 0.29) is 37.1 Å². The average molecular weight is 285 g/mol. The molecule has 1 aliphatic heterocycles. The molecular formula is C13H17ClN2O3. The first-order valence-corrected chi connectivity index (χ1v) is 6.18. The number of hydrogen-bond donors (Lipinski definition) is 2. The van der Waals surface area contributed by atoms with E-state index in [4.69, 9.17) is 15.2 Å². The second kappa shape index (κ2) is 5.67. The van der Waals surface area contributed by atoms with Crippen molar-refractivity contribution in [3.63, 3.8) is 0 Å². The summed E-state index contributed by atoms with van der Waals surface area (Å²) in [6.07, 6.45) is 2.58. The molecule has 3 N–H and O–H groups in total. The molecule has 0 bridgehead atoms. The van der Waals surface area contributed by atoms with E-state index < -0.39 is 0 Å². The Labute approximate surface area is 117 Å². The summed E-state index contributed by atoms with van der Waals surface area (Å²) in [5.74, 6) is 1.47. The predicted molar refractivity (Wildman–Crippen MR) is 73.8 cm³/mol. The number of nitrogens with two attached hydrogens (primary N) is 1. The summed E-state index contributed by atoms with van der Waals surface area (Å²) in [6.45, 7) is 0.240. The summed E-state index contributed by atoms with van der Waals surface area (Å²) < 4.78 is 10.5. The molecule has 2 aliphatic rings. The maximum Gasteiger partial charge on any atom is 0.231 e. The molecular weight excluding hydrogens is 268 g/mol. The Hall–Kier alpha value is -1.46. The fraction of sp³-hybridized carbons (Fsp3) is 0.462. The quantitative estimate of drug-likeness (QED) is 0.870. The summed E-state index contributed by atoms with van der Waals surface area (Å²) in [5, 5.41) is 2.90. The van der Waals surface area contributed by atoms with Crippen LogP contribution in [0.3, 0.4) is 0 Å². The number of fused-ring (bicyclic) bond motifs is 1. The highest BCUT2D eigenvalue weighted by molar-refractivity contribution is 5.93. The minimum atomic E-state index is 0. The molecule has 0 radical (unpaired) electrons. The second-order valence-corrected chi connectivity index (χ2v) is 4.83. The van der Waals surface area contributed by atoms with Crippen LogP contribution in [-0.4, -0.2) is 18.7 Å². The van der Waals surface area contributed by atoms with Crippen LogP contribution in [0, 0.1) is 5.92 Å². The van der Waals surface area contributed by atoms with E-state index in [0.717, 1.165) is 30.7 Å². The minimum absolute atomic E-state index is 0. The molecule has 0 aromatic heterocycles. The number of amides is 1. The first kappa shape index (κ1) is 14.0. The monoisotopic (exact) mass is 284 g/mol. The third-order valence-electron chi connectivity index (χ3n) is 3.48. The number of carbonyl (C=O) groups is 1. The van der Waals surface area contributed by atoms with Crippen LogP contribution in [0.15, 0.2) is 18.2 Å². The molecule has 3 rings (SSSR count). The molecule has 0 spiro atoms. The van der Waals surface area contributed by atoms with Crippen molar-refractivity contribution >= 4 is 24.0 Å². The summed E-state index contributed by atoms with van der Waals surface area (Å²) in [7, 11) is 0. The molecule has 104 valence electrons. The Morgan fingerprint density at radius 3 is 2.79 bits per heavy atom. The lowest BCUT2D eigenvalue weighted by Gasteiger charge is -2.11. The highest BCUT2D eigenvalue weighted by Crippen LogP contribution is 2.34. The number of benzene rings is 1. The largest absolute Gasteiger partial charge is 0.454 e. The van der Waals surface area contributed by atoms with Crippen molar-refractivity contribution in [2.75, 3.05) is 12.1 Å². The van der Waals surface area contributed by atoms with Gasteiger partial charge in [-0.1, -0.05) is 0 Å². The van der Waals surface area contributed by atoms with Gasteiger partial charge in [-0.25, -0.2) is 0 Å². The fourth-order valence-corrected chi connectivity index (χ4v) is 2.47. The molecule has 5 nitrogen and oxygen atoms in total. The molecule has 1 aliphatic carbocycles. The zero-order valence-corrected chi connectivity index (χ0v) is 11.2. The first-order chi connectivity index (χ1) is 8.72. The average Bonchev–Trinajstić information content (AvgIpc) is 2.96. The SMILES string of the molecule is Cl.NC1CCC(C(=O)Nc2ccc3c(c2)OCO3)C1. The van der Waals surface area contributed by atoms with E-state index in [2.05, 4.69) is 5.32 Å². The van der Waals surface area contributed by atoms with Gasteiger partial charge in [-0.3, -0.25) is 4.79 Å². The van der Waals surface area contributed by atoms with Crippen LogP contribution in [-0.2, 0) is 4.79 Å². The number of ether oxygens (including phenoxy) is 2. The van der Waals surface area contributed by atoms with E-state index in [9.17, 15) is 4.79 Å². The summed E-state index contributed by atoms with van der Waals surface area (Å²) in [4.78, 5) is 12.0. The van der Waals surface area contributed by atoms with Crippen molar-refractivity contribution in [2.45, 2.75) is 25.3 Å². The molecule has 1 saturated carbocycles. The molecule has 2 atom stereocenters. The van der Waals surface area contributed by atoms with Gasteiger partial charge in [0.1, 0.15) is 0 Å². The molecule has 2 unspecified atom stereocenters. The van der Waals surface area contributed by atoms with Crippen LogP contribution in [0.2, 0.25) is 0 Å². The lowest BCUT2D eigenvalue weighted by molar-refractivity contribution is -0.119. The number of hydrogen-bond acceptors (Lipinski definition) is 4. The van der Waals surface area contributed by atoms with Crippen molar-refractivity contribution in [1.29, 1.82) is 0 Å². The highest BCUT2D eigenvalue weighted by atomic mass is 35.5. The van der Waals surface area contributed by atoms with Gasteiger partial charge in [0, 0.05) is 23.7 Å². The van der Waals surface area contributed by atoms with Crippen LogP contribution in [0.5, 0.6) is 11.5 Å². The van der Waals surface area contributed by atoms with Crippen molar-refractivity contribution in [2.24, 2.45) is 11.7 Å². The highest BCUT2D eigenvalue weighted by Gasteiger charge is 2.28. The maximum atomic E-state index is 12.0. The topological polar surface area (TPSA) is 73.6 Å². The third-order valence-corrected chi connectivity index (χ3v) is 3.48. The van der Waals surface area contributed by atoms with E-state index in [1.54, 1.807) is 12.1 Å². The van der Waals surface area contributed by atoms with Crippen molar-refractivity contribution in [3.05, 3.63) is 18.2 Å². The van der Waals surface area contributed by atoms with Crippen LogP contribution < -0.4 is 20.5 Å². The zero-order valence-electron chi connectivity index (χ0n) is 10.4. The molecule has 1 fully saturated rings. The van der Waals surface area contributed by atoms with Gasteiger partial charge >= 0.3 is 0 Å².